The van der Waals surface area contributed by atoms with Crippen LogP contribution < -0.4 is 10.0 Å². The fourth-order valence-electron chi connectivity index (χ4n) is 4.12. The summed E-state index contributed by atoms with van der Waals surface area (Å²) in [4.78, 5) is 15.2. The normalized spacial score (nSPS) is 15.1. The Morgan fingerprint density at radius 2 is 1.62 bits per heavy atom. The van der Waals surface area contributed by atoms with Crippen LogP contribution in [-0.4, -0.2) is 32.3 Å². The lowest BCUT2D eigenvalue weighted by Crippen LogP contribution is -2.37. The number of benzene rings is 3. The Morgan fingerprint density at radius 1 is 0.971 bits per heavy atom. The summed E-state index contributed by atoms with van der Waals surface area (Å²) in [6, 6.07) is 19.6. The lowest BCUT2D eigenvalue weighted by Gasteiger charge is -2.31. The van der Waals surface area contributed by atoms with E-state index in [9.17, 15) is 17.6 Å². The van der Waals surface area contributed by atoms with Gasteiger partial charge in [0, 0.05) is 23.8 Å². The van der Waals surface area contributed by atoms with E-state index in [2.05, 4.69) is 46.1 Å². The highest BCUT2D eigenvalue weighted by Crippen LogP contribution is 2.23. The third-order valence-electron chi connectivity index (χ3n) is 5.98. The molecule has 1 saturated heterocycles. The summed E-state index contributed by atoms with van der Waals surface area (Å²) < 4.78 is 40.5. The van der Waals surface area contributed by atoms with E-state index in [0.29, 0.717) is 5.69 Å². The lowest BCUT2D eigenvalue weighted by molar-refractivity contribution is -0.121. The summed E-state index contributed by atoms with van der Waals surface area (Å²) in [5.74, 6) is -0.562. The first-order valence-electron chi connectivity index (χ1n) is 11.3. The Bertz CT molecular complexity index is 1240. The van der Waals surface area contributed by atoms with E-state index in [0.717, 1.165) is 32.5 Å². The van der Waals surface area contributed by atoms with Gasteiger partial charge in [0.05, 0.1) is 4.90 Å². The molecule has 0 atom stereocenters. The third-order valence-corrected chi connectivity index (χ3v) is 7.37. The molecule has 4 rings (SSSR count). The van der Waals surface area contributed by atoms with E-state index >= 15 is 0 Å². The Balaban J connectivity index is 1.29. The average molecular weight is 482 g/mol. The van der Waals surface area contributed by atoms with Crippen LogP contribution in [-0.2, 0) is 21.4 Å². The maximum atomic E-state index is 13.0. The van der Waals surface area contributed by atoms with Crippen LogP contribution in [0.4, 0.5) is 15.8 Å². The number of rotatable bonds is 7. The van der Waals surface area contributed by atoms with Crippen LogP contribution in [0.1, 0.15) is 24.0 Å². The first-order valence-corrected chi connectivity index (χ1v) is 12.7. The van der Waals surface area contributed by atoms with Crippen molar-refractivity contribution >= 4 is 27.3 Å². The molecule has 3 aromatic carbocycles. The second-order valence-electron chi connectivity index (χ2n) is 8.67. The van der Waals surface area contributed by atoms with E-state index < -0.39 is 15.8 Å². The van der Waals surface area contributed by atoms with Gasteiger partial charge in [-0.1, -0.05) is 29.8 Å². The second kappa shape index (κ2) is 10.4. The zero-order valence-electron chi connectivity index (χ0n) is 19.0. The molecule has 0 spiro atoms. The maximum Gasteiger partial charge on any atom is 0.261 e. The maximum absolute atomic E-state index is 13.0. The minimum Gasteiger partial charge on any atom is -0.326 e. The van der Waals surface area contributed by atoms with Gasteiger partial charge in [0.25, 0.3) is 10.0 Å². The summed E-state index contributed by atoms with van der Waals surface area (Å²) in [6.07, 6.45) is 1.57. The number of carbonyl (C=O) groups excluding carboxylic acids is 1. The monoisotopic (exact) mass is 481 g/mol. The minimum absolute atomic E-state index is 0.0461. The molecule has 1 aliphatic heterocycles. The van der Waals surface area contributed by atoms with Crippen molar-refractivity contribution in [2.24, 2.45) is 5.92 Å². The van der Waals surface area contributed by atoms with Crippen LogP contribution >= 0.6 is 0 Å². The summed E-state index contributed by atoms with van der Waals surface area (Å²) in [5, 5.41) is 2.90. The second-order valence-corrected chi connectivity index (χ2v) is 10.3. The first kappa shape index (κ1) is 23.9. The topological polar surface area (TPSA) is 78.5 Å². The number of piperidine rings is 1. The van der Waals surface area contributed by atoms with E-state index in [4.69, 9.17) is 0 Å². The number of nitrogens with zero attached hydrogens (tertiary/aromatic N) is 1. The van der Waals surface area contributed by atoms with Gasteiger partial charge in [-0.3, -0.25) is 14.4 Å². The molecule has 0 unspecified atom stereocenters. The standard InChI is InChI=1S/C26H28FN3O3S/c1-19-3-2-4-20(17-19)18-30-15-13-21(14-16-30)26(31)28-23-9-11-25(12-10-23)34(32,33)29-24-7-5-22(27)6-8-24/h2-12,17,21,29H,13-16,18H2,1H3,(H,28,31). The number of hydrogen-bond donors (Lipinski definition) is 2. The fourth-order valence-corrected chi connectivity index (χ4v) is 5.17. The van der Waals surface area contributed by atoms with Crippen molar-refractivity contribution in [1.29, 1.82) is 0 Å². The zero-order valence-corrected chi connectivity index (χ0v) is 19.8. The van der Waals surface area contributed by atoms with Gasteiger partial charge < -0.3 is 5.32 Å². The molecule has 178 valence electrons. The quantitative estimate of drug-likeness (QED) is 0.509. The number of anilines is 2. The molecule has 1 aliphatic rings. The van der Waals surface area contributed by atoms with Crippen LogP contribution in [0.5, 0.6) is 0 Å². The number of nitrogens with one attached hydrogen (secondary N) is 2. The molecule has 1 fully saturated rings. The summed E-state index contributed by atoms with van der Waals surface area (Å²) in [6.45, 7) is 4.69. The summed E-state index contributed by atoms with van der Waals surface area (Å²) >= 11 is 0. The molecule has 0 saturated carbocycles. The predicted molar refractivity (Wildman–Crippen MR) is 131 cm³/mol. The first-order chi connectivity index (χ1) is 16.3. The Labute approximate surface area is 199 Å². The molecule has 0 radical (unpaired) electrons. The highest BCUT2D eigenvalue weighted by atomic mass is 32.2. The molecule has 0 aromatic heterocycles. The molecule has 3 aromatic rings. The molecule has 0 bridgehead atoms. The van der Waals surface area contributed by atoms with Crippen molar-refractivity contribution in [2.45, 2.75) is 31.2 Å². The molecule has 8 heteroatoms. The Morgan fingerprint density at radius 3 is 2.26 bits per heavy atom. The number of halogens is 1. The van der Waals surface area contributed by atoms with Crippen LogP contribution in [0.15, 0.2) is 77.7 Å². The summed E-state index contributed by atoms with van der Waals surface area (Å²) in [7, 11) is -3.82. The number of carbonyl (C=O) groups is 1. The molecule has 6 nitrogen and oxygen atoms in total. The Kier molecular flexibility index (Phi) is 7.29. The van der Waals surface area contributed by atoms with E-state index in [1.165, 1.54) is 47.5 Å². The molecule has 1 amide bonds. The molecule has 34 heavy (non-hydrogen) atoms. The molecule has 1 heterocycles. The van der Waals surface area contributed by atoms with Gasteiger partial charge in [0.1, 0.15) is 5.82 Å². The number of sulfonamides is 1. The number of amides is 1. The van der Waals surface area contributed by atoms with Gasteiger partial charge >= 0.3 is 0 Å². The molecule has 0 aliphatic carbocycles. The van der Waals surface area contributed by atoms with Gasteiger partial charge in [-0.25, -0.2) is 12.8 Å². The van der Waals surface area contributed by atoms with Gasteiger partial charge in [-0.2, -0.15) is 0 Å². The smallest absolute Gasteiger partial charge is 0.261 e. The van der Waals surface area contributed by atoms with Gasteiger partial charge in [-0.15, -0.1) is 0 Å². The molecular weight excluding hydrogens is 453 g/mol. The summed E-state index contributed by atoms with van der Waals surface area (Å²) in [5.41, 5.74) is 3.35. The largest absolute Gasteiger partial charge is 0.326 e. The Hall–Kier alpha value is -3.23. The van der Waals surface area contributed by atoms with Crippen molar-refractivity contribution in [2.75, 3.05) is 23.1 Å². The van der Waals surface area contributed by atoms with Crippen LogP contribution in [0, 0.1) is 18.7 Å². The predicted octanol–water partition coefficient (Wildman–Crippen LogP) is 4.79. The van der Waals surface area contributed by atoms with E-state index in [1.54, 1.807) is 12.1 Å². The molecule has 2 N–H and O–H groups in total. The zero-order chi connectivity index (χ0) is 24.1. The van der Waals surface area contributed by atoms with Crippen molar-refractivity contribution in [3.8, 4) is 0 Å². The lowest BCUT2D eigenvalue weighted by atomic mass is 9.95. The van der Waals surface area contributed by atoms with Crippen molar-refractivity contribution in [1.82, 2.24) is 4.90 Å². The van der Waals surface area contributed by atoms with Gasteiger partial charge in [0.2, 0.25) is 5.91 Å². The van der Waals surface area contributed by atoms with Crippen LogP contribution in [0.25, 0.3) is 0 Å². The van der Waals surface area contributed by atoms with Crippen molar-refractivity contribution < 1.29 is 17.6 Å². The van der Waals surface area contributed by atoms with Crippen LogP contribution in [0.2, 0.25) is 0 Å². The molecular formula is C26H28FN3O3S. The highest BCUT2D eigenvalue weighted by molar-refractivity contribution is 7.92. The van der Waals surface area contributed by atoms with Crippen LogP contribution in [0.3, 0.4) is 0 Å². The van der Waals surface area contributed by atoms with E-state index in [-0.39, 0.29) is 22.4 Å². The average Bonchev–Trinajstić information content (AvgIpc) is 2.81. The van der Waals surface area contributed by atoms with Gasteiger partial charge in [0.15, 0.2) is 0 Å². The highest BCUT2D eigenvalue weighted by Gasteiger charge is 2.25. The number of aryl methyl sites for hydroxylation is 1. The third kappa shape index (κ3) is 6.21. The number of likely N-dealkylation sites (tertiary alicyclic amines) is 1. The van der Waals surface area contributed by atoms with Gasteiger partial charge in [-0.05, 0) is 86.9 Å². The fraction of sp³-hybridized carbons (Fsp3) is 0.269. The van der Waals surface area contributed by atoms with Crippen molar-refractivity contribution in [3.05, 3.63) is 89.7 Å². The van der Waals surface area contributed by atoms with E-state index in [1.807, 2.05) is 0 Å². The minimum atomic E-state index is -3.82. The number of hydrogen-bond acceptors (Lipinski definition) is 4. The SMILES string of the molecule is Cc1cccc(CN2CCC(C(=O)Nc3ccc(S(=O)(=O)Nc4ccc(F)cc4)cc3)CC2)c1. The van der Waals surface area contributed by atoms with Crippen molar-refractivity contribution in [3.63, 3.8) is 0 Å².